The molecule has 0 bridgehead atoms. The van der Waals surface area contributed by atoms with E-state index in [9.17, 15) is 10.1 Å². The third kappa shape index (κ3) is 2.36. The highest BCUT2D eigenvalue weighted by atomic mass is 32.1. The van der Waals surface area contributed by atoms with Gasteiger partial charge in [0.05, 0.1) is 4.92 Å². The topological polar surface area (TPSA) is 81.0 Å². The number of anilines is 2. The van der Waals surface area contributed by atoms with Crippen LogP contribution in [0.5, 0.6) is 0 Å². The number of aromatic nitrogens is 2. The van der Waals surface area contributed by atoms with E-state index in [1.165, 1.54) is 23.5 Å². The molecule has 6 nitrogen and oxygen atoms in total. The summed E-state index contributed by atoms with van der Waals surface area (Å²) in [6, 6.07) is 10.00. The molecule has 0 saturated heterocycles. The van der Waals surface area contributed by atoms with Crippen molar-refractivity contribution in [2.75, 3.05) is 5.32 Å². The number of nitro benzene ring substituents is 1. The lowest BCUT2D eigenvalue weighted by Gasteiger charge is -2.01. The van der Waals surface area contributed by atoms with E-state index in [1.807, 2.05) is 12.1 Å². The van der Waals surface area contributed by atoms with E-state index in [1.54, 1.807) is 18.3 Å². The number of hydrogen-bond acceptors (Lipinski definition) is 6. The third-order valence-electron chi connectivity index (χ3n) is 2.47. The van der Waals surface area contributed by atoms with Gasteiger partial charge in [-0.05, 0) is 18.2 Å². The zero-order valence-corrected chi connectivity index (χ0v) is 10.4. The van der Waals surface area contributed by atoms with Crippen LogP contribution in [-0.2, 0) is 0 Å². The molecule has 0 aliphatic heterocycles. The van der Waals surface area contributed by atoms with E-state index in [0.29, 0.717) is 10.8 Å². The fourth-order valence-corrected chi connectivity index (χ4v) is 2.47. The van der Waals surface area contributed by atoms with Gasteiger partial charge in [0.2, 0.25) is 0 Å². The summed E-state index contributed by atoms with van der Waals surface area (Å²) in [6.45, 7) is 0. The molecule has 2 aromatic heterocycles. The van der Waals surface area contributed by atoms with Crippen LogP contribution in [0.15, 0.2) is 42.6 Å². The monoisotopic (exact) mass is 272 g/mol. The van der Waals surface area contributed by atoms with E-state index in [-0.39, 0.29) is 5.69 Å². The normalized spacial score (nSPS) is 10.5. The first kappa shape index (κ1) is 11.5. The van der Waals surface area contributed by atoms with Gasteiger partial charge < -0.3 is 5.32 Å². The van der Waals surface area contributed by atoms with E-state index in [4.69, 9.17) is 0 Å². The second-order valence-electron chi connectivity index (χ2n) is 3.78. The first-order valence-corrected chi connectivity index (χ1v) is 6.27. The first-order chi connectivity index (χ1) is 9.22. The van der Waals surface area contributed by atoms with Crippen LogP contribution in [-0.4, -0.2) is 14.9 Å². The average molecular weight is 272 g/mol. The molecule has 0 aliphatic carbocycles. The molecule has 0 aliphatic rings. The van der Waals surface area contributed by atoms with Crippen molar-refractivity contribution in [2.45, 2.75) is 0 Å². The van der Waals surface area contributed by atoms with Gasteiger partial charge in [-0.1, -0.05) is 17.4 Å². The second-order valence-corrected chi connectivity index (χ2v) is 4.76. The molecule has 0 amide bonds. The SMILES string of the molecule is O=[N+]([O-])c1cccc(Nc2nc3cccnc3s2)c1. The highest BCUT2D eigenvalue weighted by molar-refractivity contribution is 7.21. The van der Waals surface area contributed by atoms with E-state index in [2.05, 4.69) is 15.3 Å². The Hall–Kier alpha value is -2.54. The fraction of sp³-hybridized carbons (Fsp3) is 0. The van der Waals surface area contributed by atoms with E-state index >= 15 is 0 Å². The number of nitrogens with zero attached hydrogens (tertiary/aromatic N) is 3. The Morgan fingerprint density at radius 1 is 1.26 bits per heavy atom. The summed E-state index contributed by atoms with van der Waals surface area (Å²) in [6.07, 6.45) is 1.71. The lowest BCUT2D eigenvalue weighted by Crippen LogP contribution is -1.92. The molecular formula is C12H8N4O2S. The van der Waals surface area contributed by atoms with Gasteiger partial charge >= 0.3 is 0 Å². The molecule has 2 heterocycles. The highest BCUT2D eigenvalue weighted by Crippen LogP contribution is 2.27. The standard InChI is InChI=1S/C12H8N4O2S/c17-16(18)9-4-1-3-8(7-9)14-12-15-10-5-2-6-13-11(10)19-12/h1-7H,(H,14,15). The van der Waals surface area contributed by atoms with Gasteiger partial charge in [-0.3, -0.25) is 10.1 Å². The molecule has 3 aromatic rings. The summed E-state index contributed by atoms with van der Waals surface area (Å²) < 4.78 is 0. The molecule has 0 spiro atoms. The van der Waals surface area contributed by atoms with Crippen molar-refractivity contribution in [3.63, 3.8) is 0 Å². The number of rotatable bonds is 3. The van der Waals surface area contributed by atoms with Gasteiger partial charge in [0.1, 0.15) is 10.3 Å². The van der Waals surface area contributed by atoms with Crippen LogP contribution in [0.25, 0.3) is 10.3 Å². The largest absolute Gasteiger partial charge is 0.331 e. The molecular weight excluding hydrogens is 264 g/mol. The Bertz CT molecular complexity index is 723. The van der Waals surface area contributed by atoms with Gasteiger partial charge in [-0.25, -0.2) is 9.97 Å². The Kier molecular flexibility index (Phi) is 2.81. The van der Waals surface area contributed by atoms with Gasteiger partial charge in [0.15, 0.2) is 5.13 Å². The second kappa shape index (κ2) is 4.62. The third-order valence-corrected chi connectivity index (χ3v) is 3.37. The maximum absolute atomic E-state index is 10.7. The minimum atomic E-state index is -0.426. The maximum Gasteiger partial charge on any atom is 0.271 e. The minimum Gasteiger partial charge on any atom is -0.331 e. The Balaban J connectivity index is 1.92. The predicted octanol–water partition coefficient (Wildman–Crippen LogP) is 3.34. The molecule has 19 heavy (non-hydrogen) atoms. The zero-order chi connectivity index (χ0) is 13.2. The molecule has 3 rings (SSSR count). The van der Waals surface area contributed by atoms with Crippen LogP contribution in [0.1, 0.15) is 0 Å². The Morgan fingerprint density at radius 2 is 2.16 bits per heavy atom. The average Bonchev–Trinajstić information content (AvgIpc) is 2.81. The van der Waals surface area contributed by atoms with Crippen molar-refractivity contribution in [1.82, 2.24) is 9.97 Å². The molecule has 1 aromatic carbocycles. The maximum atomic E-state index is 10.7. The molecule has 0 saturated carbocycles. The van der Waals surface area contributed by atoms with Crippen LogP contribution in [0, 0.1) is 10.1 Å². The molecule has 0 radical (unpaired) electrons. The molecule has 0 atom stereocenters. The van der Waals surface area contributed by atoms with Crippen LogP contribution in [0.3, 0.4) is 0 Å². The number of hydrogen-bond donors (Lipinski definition) is 1. The van der Waals surface area contributed by atoms with Gasteiger partial charge in [-0.15, -0.1) is 0 Å². The van der Waals surface area contributed by atoms with Gasteiger partial charge in [-0.2, -0.15) is 0 Å². The molecule has 1 N–H and O–H groups in total. The summed E-state index contributed by atoms with van der Waals surface area (Å²) in [5, 5.41) is 14.4. The zero-order valence-electron chi connectivity index (χ0n) is 9.61. The smallest absolute Gasteiger partial charge is 0.271 e. The first-order valence-electron chi connectivity index (χ1n) is 5.45. The number of thiazole rings is 1. The van der Waals surface area contributed by atoms with E-state index < -0.39 is 4.92 Å². The van der Waals surface area contributed by atoms with E-state index in [0.717, 1.165) is 10.3 Å². The van der Waals surface area contributed by atoms with Crippen molar-refractivity contribution < 1.29 is 4.92 Å². The predicted molar refractivity (Wildman–Crippen MR) is 73.8 cm³/mol. The number of benzene rings is 1. The number of pyridine rings is 1. The van der Waals surface area contributed by atoms with Crippen molar-refractivity contribution in [1.29, 1.82) is 0 Å². The number of non-ortho nitro benzene ring substituents is 1. The van der Waals surface area contributed by atoms with Crippen molar-refractivity contribution in [3.8, 4) is 0 Å². The van der Waals surface area contributed by atoms with Gasteiger partial charge in [0, 0.05) is 24.0 Å². The Morgan fingerprint density at radius 3 is 2.95 bits per heavy atom. The fourth-order valence-electron chi connectivity index (χ4n) is 1.64. The summed E-state index contributed by atoms with van der Waals surface area (Å²) in [4.78, 5) is 19.7. The minimum absolute atomic E-state index is 0.0456. The summed E-state index contributed by atoms with van der Waals surface area (Å²) in [5.41, 5.74) is 1.48. The summed E-state index contributed by atoms with van der Waals surface area (Å²) in [7, 11) is 0. The quantitative estimate of drug-likeness (QED) is 0.584. The molecule has 0 unspecified atom stereocenters. The van der Waals surface area contributed by atoms with Crippen molar-refractivity contribution in [2.24, 2.45) is 0 Å². The highest BCUT2D eigenvalue weighted by Gasteiger charge is 2.08. The summed E-state index contributed by atoms with van der Waals surface area (Å²) >= 11 is 1.40. The van der Waals surface area contributed by atoms with Crippen LogP contribution < -0.4 is 5.32 Å². The Labute approximate surface area is 111 Å². The van der Waals surface area contributed by atoms with Crippen molar-refractivity contribution >= 4 is 38.2 Å². The number of nitro groups is 1. The summed E-state index contributed by atoms with van der Waals surface area (Å²) in [5.74, 6) is 0. The lowest BCUT2D eigenvalue weighted by molar-refractivity contribution is -0.384. The number of nitrogens with one attached hydrogen (secondary N) is 1. The van der Waals surface area contributed by atoms with Crippen LogP contribution >= 0.6 is 11.3 Å². The molecule has 0 fully saturated rings. The molecule has 94 valence electrons. The lowest BCUT2D eigenvalue weighted by atomic mass is 10.3. The van der Waals surface area contributed by atoms with Crippen LogP contribution in [0.2, 0.25) is 0 Å². The van der Waals surface area contributed by atoms with Crippen LogP contribution in [0.4, 0.5) is 16.5 Å². The van der Waals surface area contributed by atoms with Gasteiger partial charge in [0.25, 0.3) is 5.69 Å². The molecule has 7 heteroatoms. The van der Waals surface area contributed by atoms with Crippen molar-refractivity contribution in [3.05, 3.63) is 52.7 Å². The number of fused-ring (bicyclic) bond motifs is 1.